The molecule has 0 saturated carbocycles. The summed E-state index contributed by atoms with van der Waals surface area (Å²) >= 11 is 0. The molecule has 0 aliphatic rings. The molecule has 3 heteroatoms. The molecule has 0 heterocycles. The summed E-state index contributed by atoms with van der Waals surface area (Å²) in [6.45, 7) is 2.20. The van der Waals surface area contributed by atoms with Gasteiger partial charge in [0.1, 0.15) is 0 Å². The van der Waals surface area contributed by atoms with Crippen LogP contribution >= 0.6 is 0 Å². The Hall–Kier alpha value is -0.120. The monoisotopic (exact) mass is 90.1 g/mol. The molecule has 3 nitrogen and oxygen atoms in total. The third-order valence-electron chi connectivity index (χ3n) is 0.311. The first-order chi connectivity index (χ1) is 2.77. The lowest BCUT2D eigenvalue weighted by Gasteiger charge is -2.19. The van der Waals surface area contributed by atoms with E-state index in [9.17, 15) is 5.21 Å². The van der Waals surface area contributed by atoms with Crippen LogP contribution in [0.4, 0.5) is 0 Å². The molecule has 0 aromatic heterocycles. The number of hydrogen-bond donors (Lipinski definition) is 0. The van der Waals surface area contributed by atoms with E-state index in [0.29, 0.717) is 11.8 Å². The maximum absolute atomic E-state index is 9.74. The molecule has 0 bridgehead atoms. The highest BCUT2D eigenvalue weighted by Gasteiger charge is 1.69. The van der Waals surface area contributed by atoms with Crippen molar-refractivity contribution in [2.24, 2.45) is 0 Å². The van der Waals surface area contributed by atoms with Gasteiger partial charge in [0.15, 0.2) is 0 Å². The molecule has 0 N–H and O–H groups in total. The van der Waals surface area contributed by atoms with Crippen molar-refractivity contribution >= 4 is 0 Å². The second-order valence-electron chi connectivity index (χ2n) is 0.857. The molecule has 0 aromatic carbocycles. The van der Waals surface area contributed by atoms with Gasteiger partial charge in [-0.15, -0.1) is 0 Å². The van der Waals surface area contributed by atoms with Crippen molar-refractivity contribution in [3.63, 3.8) is 0 Å². The summed E-state index contributed by atoms with van der Waals surface area (Å²) < 4.78 is 0. The molecule has 0 spiro atoms. The van der Waals surface area contributed by atoms with Gasteiger partial charge in [0.25, 0.3) is 0 Å². The molecule has 0 unspecified atom stereocenters. The summed E-state index contributed by atoms with van der Waals surface area (Å²) in [7, 11) is 1.31. The smallest absolute Gasteiger partial charge is 0.0644 e. The molecule has 0 amide bonds. The fourth-order valence-corrected chi connectivity index (χ4v) is 0.182. The van der Waals surface area contributed by atoms with E-state index in [2.05, 4.69) is 4.84 Å². The Morgan fingerprint density at radius 3 is 2.33 bits per heavy atom. The summed E-state index contributed by atoms with van der Waals surface area (Å²) in [5.74, 6) is 0. The van der Waals surface area contributed by atoms with Crippen LogP contribution in [0.3, 0.4) is 0 Å². The predicted molar refractivity (Wildman–Crippen MR) is 22.8 cm³/mol. The standard InChI is InChI=1S/C3H8NO2/c1-3-6-4(2)5/h3H2,1-2H3/q-1. The highest BCUT2D eigenvalue weighted by Crippen LogP contribution is 1.74. The van der Waals surface area contributed by atoms with E-state index in [-0.39, 0.29) is 0 Å². The van der Waals surface area contributed by atoms with Crippen LogP contribution in [0.2, 0.25) is 0 Å². The minimum atomic E-state index is 0.431. The lowest BCUT2D eigenvalue weighted by molar-refractivity contribution is -0.0935. The number of nitrogens with zero attached hydrogens (tertiary/aromatic N) is 1. The zero-order valence-corrected chi connectivity index (χ0v) is 3.97. The Morgan fingerprint density at radius 1 is 1.83 bits per heavy atom. The van der Waals surface area contributed by atoms with Gasteiger partial charge in [-0.1, -0.05) is 0 Å². The highest BCUT2D eigenvalue weighted by molar-refractivity contribution is 4.21. The summed E-state index contributed by atoms with van der Waals surface area (Å²) in [6, 6.07) is 0. The van der Waals surface area contributed by atoms with Gasteiger partial charge in [0.05, 0.1) is 6.61 Å². The average Bonchev–Trinajstić information content (AvgIpc) is 1.35. The molecule has 0 aromatic rings. The van der Waals surface area contributed by atoms with Gasteiger partial charge in [-0.3, -0.25) is 5.23 Å². The number of hydroxylamine groups is 2. The lowest BCUT2D eigenvalue weighted by Crippen LogP contribution is -2.08. The van der Waals surface area contributed by atoms with Crippen LogP contribution in [0.25, 0.3) is 0 Å². The average molecular weight is 90.1 g/mol. The molecule has 6 heavy (non-hydrogen) atoms. The van der Waals surface area contributed by atoms with Crippen molar-refractivity contribution in [1.29, 1.82) is 0 Å². The summed E-state index contributed by atoms with van der Waals surface area (Å²) in [5, 5.41) is 10.2. The normalized spacial score (nSPS) is 10.0. The third-order valence-corrected chi connectivity index (χ3v) is 0.311. The van der Waals surface area contributed by atoms with Crippen LogP contribution in [-0.4, -0.2) is 18.9 Å². The minimum absolute atomic E-state index is 0.431. The van der Waals surface area contributed by atoms with Gasteiger partial charge in [0.2, 0.25) is 0 Å². The maximum atomic E-state index is 9.74. The molecule has 0 atom stereocenters. The van der Waals surface area contributed by atoms with E-state index >= 15 is 0 Å². The van der Waals surface area contributed by atoms with Gasteiger partial charge >= 0.3 is 0 Å². The summed E-state index contributed by atoms with van der Waals surface area (Å²) in [6.07, 6.45) is 0. The van der Waals surface area contributed by atoms with Gasteiger partial charge < -0.3 is 10.0 Å². The van der Waals surface area contributed by atoms with E-state index in [1.54, 1.807) is 6.92 Å². The van der Waals surface area contributed by atoms with Gasteiger partial charge in [-0.25, -0.2) is 0 Å². The van der Waals surface area contributed by atoms with Crippen molar-refractivity contribution in [1.82, 2.24) is 5.23 Å². The molecule has 0 radical (unpaired) electrons. The van der Waals surface area contributed by atoms with Crippen LogP contribution < -0.4 is 0 Å². The predicted octanol–water partition coefficient (Wildman–Crippen LogP) is 0.368. The Balaban J connectivity index is 2.63. The SMILES string of the molecule is CCON(C)[O-]. The fourth-order valence-electron chi connectivity index (χ4n) is 0.182. The zero-order chi connectivity index (χ0) is 4.99. The van der Waals surface area contributed by atoms with Crippen LogP contribution in [0.5, 0.6) is 0 Å². The quantitative estimate of drug-likeness (QED) is 0.459. The highest BCUT2D eigenvalue weighted by atomic mass is 16.9. The Bertz CT molecular complexity index is 30.0. The molecular formula is C3H8NO2-. The molecule has 0 aliphatic heterocycles. The first-order valence-electron chi connectivity index (χ1n) is 1.81. The van der Waals surface area contributed by atoms with E-state index in [1.807, 2.05) is 0 Å². The van der Waals surface area contributed by atoms with Gasteiger partial charge in [-0.2, -0.15) is 0 Å². The summed E-state index contributed by atoms with van der Waals surface area (Å²) in [4.78, 5) is 4.32. The molecule has 0 rings (SSSR count). The van der Waals surface area contributed by atoms with Crippen LogP contribution in [-0.2, 0) is 4.84 Å². The van der Waals surface area contributed by atoms with Crippen molar-refractivity contribution in [3.8, 4) is 0 Å². The van der Waals surface area contributed by atoms with E-state index < -0.39 is 0 Å². The van der Waals surface area contributed by atoms with Crippen LogP contribution in [0, 0.1) is 5.21 Å². The van der Waals surface area contributed by atoms with Crippen LogP contribution in [0.15, 0.2) is 0 Å². The van der Waals surface area contributed by atoms with E-state index in [0.717, 1.165) is 0 Å². The van der Waals surface area contributed by atoms with Crippen molar-refractivity contribution in [2.45, 2.75) is 6.92 Å². The van der Waals surface area contributed by atoms with E-state index in [1.165, 1.54) is 7.05 Å². The number of rotatable bonds is 2. The Labute approximate surface area is 37.0 Å². The summed E-state index contributed by atoms with van der Waals surface area (Å²) in [5.41, 5.74) is 0. The topological polar surface area (TPSA) is 35.5 Å². The Kier molecular flexibility index (Phi) is 3.02. The minimum Gasteiger partial charge on any atom is -0.762 e. The largest absolute Gasteiger partial charge is 0.762 e. The first-order valence-corrected chi connectivity index (χ1v) is 1.81. The lowest BCUT2D eigenvalue weighted by atomic mass is 10.9. The molecule has 0 fully saturated rings. The number of hydrogen-bond acceptors (Lipinski definition) is 3. The zero-order valence-electron chi connectivity index (χ0n) is 3.97. The van der Waals surface area contributed by atoms with Gasteiger partial charge in [-0.05, 0) is 14.0 Å². The van der Waals surface area contributed by atoms with Crippen molar-refractivity contribution in [2.75, 3.05) is 13.7 Å². The van der Waals surface area contributed by atoms with E-state index in [4.69, 9.17) is 0 Å². The molecule has 0 aliphatic carbocycles. The fraction of sp³-hybridized carbons (Fsp3) is 1.00. The molecular weight excluding hydrogens is 82.0 g/mol. The molecule has 38 valence electrons. The maximum Gasteiger partial charge on any atom is 0.0644 e. The van der Waals surface area contributed by atoms with Crippen LogP contribution in [0.1, 0.15) is 6.92 Å². The van der Waals surface area contributed by atoms with Crippen molar-refractivity contribution in [3.05, 3.63) is 5.21 Å². The first kappa shape index (κ1) is 5.88. The third kappa shape index (κ3) is 3.88. The molecule has 0 saturated heterocycles. The second kappa shape index (κ2) is 3.08. The second-order valence-corrected chi connectivity index (χ2v) is 0.857. The van der Waals surface area contributed by atoms with Gasteiger partial charge in [0, 0.05) is 0 Å². The van der Waals surface area contributed by atoms with Crippen molar-refractivity contribution < 1.29 is 4.84 Å². The Morgan fingerprint density at radius 2 is 2.33 bits per heavy atom.